The standard InChI is InChI=1S/C7H15BrOSi/c1-6(8)7(2)9-10(3,4)5/h6H,2H2,1,3-5H3. The Bertz CT molecular complexity index is 126. The maximum atomic E-state index is 5.60. The van der Waals surface area contributed by atoms with Gasteiger partial charge in [-0.2, -0.15) is 0 Å². The molecule has 1 unspecified atom stereocenters. The molecule has 0 spiro atoms. The van der Waals surface area contributed by atoms with E-state index in [9.17, 15) is 0 Å². The van der Waals surface area contributed by atoms with Crippen LogP contribution in [0.15, 0.2) is 12.3 Å². The highest BCUT2D eigenvalue weighted by atomic mass is 79.9. The Morgan fingerprint density at radius 1 is 1.50 bits per heavy atom. The van der Waals surface area contributed by atoms with E-state index in [1.807, 2.05) is 6.92 Å². The van der Waals surface area contributed by atoms with Gasteiger partial charge in [-0.25, -0.2) is 0 Å². The third-order valence-corrected chi connectivity index (χ3v) is 2.27. The van der Waals surface area contributed by atoms with Gasteiger partial charge in [-0.3, -0.25) is 0 Å². The van der Waals surface area contributed by atoms with Gasteiger partial charge in [-0.05, 0) is 26.6 Å². The van der Waals surface area contributed by atoms with Crippen molar-refractivity contribution in [2.24, 2.45) is 0 Å². The Morgan fingerprint density at radius 2 is 1.90 bits per heavy atom. The Labute approximate surface area is 72.7 Å². The predicted molar refractivity (Wildman–Crippen MR) is 52.0 cm³/mol. The van der Waals surface area contributed by atoms with Gasteiger partial charge in [0.1, 0.15) is 0 Å². The van der Waals surface area contributed by atoms with E-state index in [0.717, 1.165) is 5.76 Å². The molecular formula is C7H15BrOSi. The molecule has 0 amide bonds. The van der Waals surface area contributed by atoms with Crippen LogP contribution in [0.1, 0.15) is 6.92 Å². The smallest absolute Gasteiger partial charge is 0.241 e. The van der Waals surface area contributed by atoms with E-state index < -0.39 is 8.32 Å². The van der Waals surface area contributed by atoms with Gasteiger partial charge < -0.3 is 4.43 Å². The van der Waals surface area contributed by atoms with Crippen LogP contribution in [0.5, 0.6) is 0 Å². The zero-order chi connectivity index (χ0) is 8.36. The van der Waals surface area contributed by atoms with Crippen LogP contribution in [0, 0.1) is 0 Å². The molecule has 0 saturated heterocycles. The van der Waals surface area contributed by atoms with Crippen molar-refractivity contribution < 1.29 is 4.43 Å². The molecule has 0 aliphatic rings. The van der Waals surface area contributed by atoms with Crippen LogP contribution < -0.4 is 0 Å². The van der Waals surface area contributed by atoms with Gasteiger partial charge >= 0.3 is 0 Å². The lowest BCUT2D eigenvalue weighted by atomic mass is 10.4. The fraction of sp³-hybridized carbons (Fsp3) is 0.714. The van der Waals surface area contributed by atoms with Crippen LogP contribution in [0.4, 0.5) is 0 Å². The van der Waals surface area contributed by atoms with Crippen molar-refractivity contribution in [3.05, 3.63) is 12.3 Å². The molecule has 0 radical (unpaired) electrons. The second-order valence-electron chi connectivity index (χ2n) is 3.30. The number of alkyl halides is 1. The summed E-state index contributed by atoms with van der Waals surface area (Å²) in [5, 5.41) is 0. The number of rotatable bonds is 3. The fourth-order valence-corrected chi connectivity index (χ4v) is 1.70. The third-order valence-electron chi connectivity index (χ3n) is 0.881. The molecule has 1 atom stereocenters. The topological polar surface area (TPSA) is 9.23 Å². The van der Waals surface area contributed by atoms with Crippen molar-refractivity contribution in [1.82, 2.24) is 0 Å². The summed E-state index contributed by atoms with van der Waals surface area (Å²) >= 11 is 3.39. The minimum atomic E-state index is -1.41. The van der Waals surface area contributed by atoms with E-state index in [-0.39, 0.29) is 4.83 Å². The van der Waals surface area contributed by atoms with Crippen molar-refractivity contribution in [3.8, 4) is 0 Å². The lowest BCUT2D eigenvalue weighted by Crippen LogP contribution is -2.26. The van der Waals surface area contributed by atoms with Crippen molar-refractivity contribution >= 4 is 24.2 Å². The molecule has 0 aromatic carbocycles. The molecule has 10 heavy (non-hydrogen) atoms. The summed E-state index contributed by atoms with van der Waals surface area (Å²) in [4.78, 5) is 0.263. The Hall–Kier alpha value is 0.237. The molecule has 0 N–H and O–H groups in total. The lowest BCUT2D eigenvalue weighted by Gasteiger charge is -2.22. The lowest BCUT2D eigenvalue weighted by molar-refractivity contribution is 0.414. The van der Waals surface area contributed by atoms with Crippen LogP contribution in [-0.4, -0.2) is 13.1 Å². The Kier molecular flexibility index (Phi) is 3.66. The second-order valence-corrected chi connectivity index (χ2v) is 9.10. The number of halogens is 1. The average Bonchev–Trinajstić information content (AvgIpc) is 1.60. The van der Waals surface area contributed by atoms with Gasteiger partial charge in [-0.1, -0.05) is 22.5 Å². The molecule has 0 aromatic heterocycles. The summed E-state index contributed by atoms with van der Waals surface area (Å²) in [6, 6.07) is 0. The molecule has 0 rings (SSSR count). The molecule has 3 heteroatoms. The summed E-state index contributed by atoms with van der Waals surface area (Å²) in [6.07, 6.45) is 0. The molecule has 0 saturated carbocycles. The summed E-state index contributed by atoms with van der Waals surface area (Å²) in [5.41, 5.74) is 0. The third kappa shape index (κ3) is 5.06. The van der Waals surface area contributed by atoms with Gasteiger partial charge in [-0.15, -0.1) is 0 Å². The van der Waals surface area contributed by atoms with E-state index >= 15 is 0 Å². The molecule has 0 aliphatic carbocycles. The monoisotopic (exact) mass is 222 g/mol. The maximum absolute atomic E-state index is 5.60. The van der Waals surface area contributed by atoms with Crippen LogP contribution >= 0.6 is 15.9 Å². The van der Waals surface area contributed by atoms with Gasteiger partial charge in [0.25, 0.3) is 0 Å². The van der Waals surface area contributed by atoms with Crippen molar-refractivity contribution in [1.29, 1.82) is 0 Å². The average molecular weight is 223 g/mol. The summed E-state index contributed by atoms with van der Waals surface area (Å²) in [7, 11) is -1.41. The fourth-order valence-electron chi connectivity index (χ4n) is 0.474. The van der Waals surface area contributed by atoms with E-state index in [1.165, 1.54) is 0 Å². The predicted octanol–water partition coefficient (Wildman–Crippen LogP) is 3.14. The first-order valence-electron chi connectivity index (χ1n) is 3.35. The van der Waals surface area contributed by atoms with Gasteiger partial charge in [0.15, 0.2) is 0 Å². The first-order chi connectivity index (χ1) is 4.33. The molecule has 1 nitrogen and oxygen atoms in total. The Balaban J connectivity index is 3.81. The van der Waals surface area contributed by atoms with E-state index in [1.54, 1.807) is 0 Å². The SMILES string of the molecule is C=C(O[Si](C)(C)C)C(C)Br. The zero-order valence-electron chi connectivity index (χ0n) is 7.07. The van der Waals surface area contributed by atoms with E-state index in [2.05, 4.69) is 42.1 Å². The number of hydrogen-bond donors (Lipinski definition) is 0. The largest absolute Gasteiger partial charge is 0.547 e. The molecule has 0 fully saturated rings. The molecule has 0 heterocycles. The highest BCUT2D eigenvalue weighted by molar-refractivity contribution is 9.09. The van der Waals surface area contributed by atoms with Crippen molar-refractivity contribution in [2.75, 3.05) is 0 Å². The summed E-state index contributed by atoms with van der Waals surface area (Å²) in [5.74, 6) is 0.846. The maximum Gasteiger partial charge on any atom is 0.241 e. The van der Waals surface area contributed by atoms with Crippen LogP contribution in [-0.2, 0) is 4.43 Å². The van der Waals surface area contributed by atoms with Gasteiger partial charge in [0.05, 0.1) is 10.6 Å². The Morgan fingerprint density at radius 3 is 2.00 bits per heavy atom. The van der Waals surface area contributed by atoms with Crippen molar-refractivity contribution in [3.63, 3.8) is 0 Å². The first-order valence-corrected chi connectivity index (χ1v) is 7.67. The minimum absolute atomic E-state index is 0.263. The van der Waals surface area contributed by atoms with E-state index in [4.69, 9.17) is 4.43 Å². The molecule has 0 aliphatic heterocycles. The number of hydrogen-bond acceptors (Lipinski definition) is 1. The molecule has 0 aromatic rings. The first kappa shape index (κ1) is 10.2. The highest BCUT2D eigenvalue weighted by Gasteiger charge is 2.18. The number of allylic oxidation sites excluding steroid dienone is 1. The van der Waals surface area contributed by atoms with Crippen LogP contribution in [0.3, 0.4) is 0 Å². The summed E-state index contributed by atoms with van der Waals surface area (Å²) < 4.78 is 5.60. The van der Waals surface area contributed by atoms with Crippen molar-refractivity contribution in [2.45, 2.75) is 31.4 Å². The highest BCUT2D eigenvalue weighted by Crippen LogP contribution is 2.16. The van der Waals surface area contributed by atoms with Crippen LogP contribution in [0.25, 0.3) is 0 Å². The quantitative estimate of drug-likeness (QED) is 0.405. The minimum Gasteiger partial charge on any atom is -0.547 e. The zero-order valence-corrected chi connectivity index (χ0v) is 9.66. The summed E-state index contributed by atoms with van der Waals surface area (Å²) in [6.45, 7) is 12.3. The van der Waals surface area contributed by atoms with E-state index in [0.29, 0.717) is 0 Å². The molecule has 0 bridgehead atoms. The van der Waals surface area contributed by atoms with Crippen LogP contribution in [0.2, 0.25) is 19.6 Å². The molecular weight excluding hydrogens is 208 g/mol. The van der Waals surface area contributed by atoms with Gasteiger partial charge in [0.2, 0.25) is 8.32 Å². The molecule has 60 valence electrons. The van der Waals surface area contributed by atoms with Gasteiger partial charge in [0, 0.05) is 0 Å². The second kappa shape index (κ2) is 3.58. The normalized spacial score (nSPS) is 14.5.